The Kier molecular flexibility index (Phi) is 6.55. The first-order chi connectivity index (χ1) is 14.0. The molecule has 0 aliphatic carbocycles. The van der Waals surface area contributed by atoms with E-state index in [1.165, 1.54) is 5.69 Å². The fourth-order valence-corrected chi connectivity index (χ4v) is 4.49. The summed E-state index contributed by atoms with van der Waals surface area (Å²) in [5.41, 5.74) is 3.36. The summed E-state index contributed by atoms with van der Waals surface area (Å²) in [6, 6.07) is 8.58. The minimum Gasteiger partial charge on any atom is -0.369 e. The number of halogens is 1. The number of aromatic nitrogens is 2. The second kappa shape index (κ2) is 9.13. The zero-order valence-electron chi connectivity index (χ0n) is 17.3. The highest BCUT2D eigenvalue weighted by molar-refractivity contribution is 7.13. The standard InChI is InChI=1S/C21H30ClN6P/c1-25(2)9-3-10-27-11-8-18-19(22)23-20(24-21(18)27)16-4-6-17(7-5-16)26-12-14-28(29)15-13-26/h4-7H,3,8-15,29H2,1-2H3. The van der Waals surface area contributed by atoms with Gasteiger partial charge < -0.3 is 14.7 Å². The summed E-state index contributed by atoms with van der Waals surface area (Å²) in [5.74, 6) is 1.73. The van der Waals surface area contributed by atoms with Crippen LogP contribution in [0.5, 0.6) is 0 Å². The van der Waals surface area contributed by atoms with Crippen LogP contribution in [0.4, 0.5) is 11.5 Å². The highest BCUT2D eigenvalue weighted by Gasteiger charge is 2.25. The number of hydrogen-bond donors (Lipinski definition) is 0. The molecule has 0 N–H and O–H groups in total. The van der Waals surface area contributed by atoms with Crippen LogP contribution in [0.1, 0.15) is 12.0 Å². The van der Waals surface area contributed by atoms with Gasteiger partial charge in [0.25, 0.3) is 0 Å². The molecule has 1 fully saturated rings. The summed E-state index contributed by atoms with van der Waals surface area (Å²) in [6.45, 7) is 7.28. The van der Waals surface area contributed by atoms with Crippen molar-refractivity contribution in [1.29, 1.82) is 0 Å². The lowest BCUT2D eigenvalue weighted by Gasteiger charge is -2.33. The van der Waals surface area contributed by atoms with Gasteiger partial charge in [0.2, 0.25) is 0 Å². The van der Waals surface area contributed by atoms with Gasteiger partial charge in [0.15, 0.2) is 5.82 Å². The molecule has 1 unspecified atom stereocenters. The molecule has 0 saturated carbocycles. The predicted octanol–water partition coefficient (Wildman–Crippen LogP) is 3.02. The molecule has 2 aromatic rings. The topological polar surface area (TPSA) is 38.7 Å². The zero-order valence-corrected chi connectivity index (χ0v) is 19.2. The van der Waals surface area contributed by atoms with Crippen LogP contribution >= 0.6 is 21.0 Å². The molecule has 1 saturated heterocycles. The van der Waals surface area contributed by atoms with Crippen molar-refractivity contribution in [1.82, 2.24) is 19.5 Å². The average molecular weight is 433 g/mol. The fraction of sp³-hybridized carbons (Fsp3) is 0.524. The SMILES string of the molecule is CN(C)CCCN1CCc2c(Cl)nc(-c3ccc(N4CCN(P)CC4)cc3)nc21. The van der Waals surface area contributed by atoms with Crippen LogP contribution in [0.3, 0.4) is 0 Å². The van der Waals surface area contributed by atoms with Crippen molar-refractivity contribution >= 4 is 32.5 Å². The monoisotopic (exact) mass is 432 g/mol. The summed E-state index contributed by atoms with van der Waals surface area (Å²) in [7, 11) is 7.02. The van der Waals surface area contributed by atoms with E-state index in [1.54, 1.807) is 0 Å². The Balaban J connectivity index is 1.51. The Morgan fingerprint density at radius 3 is 2.45 bits per heavy atom. The second-order valence-electron chi connectivity index (χ2n) is 8.10. The molecule has 3 heterocycles. The maximum absolute atomic E-state index is 6.54. The van der Waals surface area contributed by atoms with Crippen LogP contribution in [0.15, 0.2) is 24.3 Å². The molecule has 156 valence electrons. The van der Waals surface area contributed by atoms with Crippen molar-refractivity contribution in [2.75, 3.05) is 69.7 Å². The maximum Gasteiger partial charge on any atom is 0.163 e. The first-order valence-electron chi connectivity index (χ1n) is 10.3. The second-order valence-corrected chi connectivity index (χ2v) is 9.19. The van der Waals surface area contributed by atoms with Gasteiger partial charge in [-0.15, -0.1) is 0 Å². The number of benzene rings is 1. The number of anilines is 2. The molecule has 0 radical (unpaired) electrons. The van der Waals surface area contributed by atoms with Crippen molar-refractivity contribution < 1.29 is 0 Å². The molecule has 0 spiro atoms. The number of fused-ring (bicyclic) bond motifs is 1. The van der Waals surface area contributed by atoms with E-state index in [2.05, 4.69) is 72.1 Å². The molecule has 6 nitrogen and oxygen atoms in total. The van der Waals surface area contributed by atoms with Crippen LogP contribution in [0, 0.1) is 0 Å². The largest absolute Gasteiger partial charge is 0.369 e. The van der Waals surface area contributed by atoms with Gasteiger partial charge in [-0.25, -0.2) is 9.97 Å². The van der Waals surface area contributed by atoms with Gasteiger partial charge in [-0.05, 0) is 57.7 Å². The highest BCUT2D eigenvalue weighted by Crippen LogP contribution is 2.33. The molecular weight excluding hydrogens is 403 g/mol. The zero-order chi connectivity index (χ0) is 20.4. The third-order valence-corrected chi connectivity index (χ3v) is 6.53. The van der Waals surface area contributed by atoms with Gasteiger partial charge in [-0.1, -0.05) is 21.0 Å². The first kappa shape index (κ1) is 20.8. The average Bonchev–Trinajstić information content (AvgIpc) is 3.12. The van der Waals surface area contributed by atoms with Gasteiger partial charge >= 0.3 is 0 Å². The third kappa shape index (κ3) is 4.83. The van der Waals surface area contributed by atoms with Crippen molar-refractivity contribution in [3.05, 3.63) is 35.0 Å². The molecule has 2 aliphatic heterocycles. The van der Waals surface area contributed by atoms with E-state index in [0.717, 1.165) is 81.4 Å². The molecule has 29 heavy (non-hydrogen) atoms. The number of nitrogens with zero attached hydrogens (tertiary/aromatic N) is 6. The van der Waals surface area contributed by atoms with Crippen molar-refractivity contribution in [2.24, 2.45) is 0 Å². The van der Waals surface area contributed by atoms with E-state index < -0.39 is 0 Å². The van der Waals surface area contributed by atoms with Crippen LogP contribution < -0.4 is 9.80 Å². The van der Waals surface area contributed by atoms with Gasteiger partial charge in [-0.2, -0.15) is 0 Å². The summed E-state index contributed by atoms with van der Waals surface area (Å²) < 4.78 is 2.29. The molecule has 1 aromatic heterocycles. The molecule has 1 aromatic carbocycles. The van der Waals surface area contributed by atoms with E-state index in [1.807, 2.05) is 0 Å². The molecule has 0 bridgehead atoms. The molecule has 2 aliphatic rings. The molecule has 4 rings (SSSR count). The van der Waals surface area contributed by atoms with Crippen molar-refractivity contribution in [2.45, 2.75) is 12.8 Å². The Hall–Kier alpha value is -1.46. The van der Waals surface area contributed by atoms with E-state index in [9.17, 15) is 0 Å². The van der Waals surface area contributed by atoms with Gasteiger partial charge in [0, 0.05) is 56.1 Å². The summed E-state index contributed by atoms with van der Waals surface area (Å²) in [5, 5.41) is 0.598. The molecule has 1 atom stereocenters. The van der Waals surface area contributed by atoms with E-state index in [-0.39, 0.29) is 0 Å². The van der Waals surface area contributed by atoms with Crippen LogP contribution in [-0.4, -0.2) is 79.4 Å². The predicted molar refractivity (Wildman–Crippen MR) is 125 cm³/mol. The fourth-order valence-electron chi connectivity index (χ4n) is 4.00. The van der Waals surface area contributed by atoms with Crippen LogP contribution in [0.2, 0.25) is 5.15 Å². The van der Waals surface area contributed by atoms with Crippen molar-refractivity contribution in [3.63, 3.8) is 0 Å². The Bertz CT molecular complexity index is 836. The van der Waals surface area contributed by atoms with Crippen LogP contribution in [-0.2, 0) is 6.42 Å². The third-order valence-electron chi connectivity index (χ3n) is 5.70. The summed E-state index contributed by atoms with van der Waals surface area (Å²) in [6.07, 6.45) is 2.04. The Morgan fingerprint density at radius 2 is 1.76 bits per heavy atom. The summed E-state index contributed by atoms with van der Waals surface area (Å²) >= 11 is 6.54. The Morgan fingerprint density at radius 1 is 1.03 bits per heavy atom. The number of piperazine rings is 1. The quantitative estimate of drug-likeness (QED) is 0.516. The Labute approximate surface area is 181 Å². The molecule has 8 heteroatoms. The van der Waals surface area contributed by atoms with Crippen LogP contribution in [0.25, 0.3) is 11.4 Å². The molecule has 0 amide bonds. The molecular formula is C21H30ClN6P. The smallest absolute Gasteiger partial charge is 0.163 e. The minimum absolute atomic E-state index is 0.598. The van der Waals surface area contributed by atoms with E-state index >= 15 is 0 Å². The highest BCUT2D eigenvalue weighted by atomic mass is 35.5. The maximum atomic E-state index is 6.54. The lowest BCUT2D eigenvalue weighted by molar-refractivity contribution is 0.401. The number of hydrogen-bond acceptors (Lipinski definition) is 6. The van der Waals surface area contributed by atoms with Gasteiger partial charge in [-0.3, -0.25) is 4.67 Å². The lowest BCUT2D eigenvalue weighted by atomic mass is 10.1. The van der Waals surface area contributed by atoms with Gasteiger partial charge in [0.05, 0.1) is 0 Å². The number of rotatable bonds is 6. The summed E-state index contributed by atoms with van der Waals surface area (Å²) in [4.78, 5) is 16.5. The lowest BCUT2D eigenvalue weighted by Crippen LogP contribution is -2.42. The minimum atomic E-state index is 0.598. The van der Waals surface area contributed by atoms with Gasteiger partial charge in [0.1, 0.15) is 11.0 Å². The van der Waals surface area contributed by atoms with Crippen molar-refractivity contribution in [3.8, 4) is 11.4 Å². The van der Waals surface area contributed by atoms with E-state index in [0.29, 0.717) is 5.15 Å². The van der Waals surface area contributed by atoms with E-state index in [4.69, 9.17) is 16.6 Å². The first-order valence-corrected chi connectivity index (χ1v) is 11.2. The normalized spacial score (nSPS) is 17.3.